The summed E-state index contributed by atoms with van der Waals surface area (Å²) in [6, 6.07) is 3.42. The van der Waals surface area contributed by atoms with Gasteiger partial charge in [0.15, 0.2) is 0 Å². The molecule has 0 fully saturated rings. The van der Waals surface area contributed by atoms with E-state index < -0.39 is 10.0 Å². The number of hydrogen-bond acceptors (Lipinski definition) is 4. The summed E-state index contributed by atoms with van der Waals surface area (Å²) in [6.07, 6.45) is 3.05. The van der Waals surface area contributed by atoms with Gasteiger partial charge in [-0.1, -0.05) is 0 Å². The summed E-state index contributed by atoms with van der Waals surface area (Å²) < 4.78 is 29.3. The Bertz CT molecular complexity index is 923. The summed E-state index contributed by atoms with van der Waals surface area (Å²) in [6.45, 7) is 3.67. The van der Waals surface area contributed by atoms with Crippen molar-refractivity contribution >= 4 is 26.9 Å². The van der Waals surface area contributed by atoms with E-state index in [-0.39, 0.29) is 4.90 Å². The van der Waals surface area contributed by atoms with E-state index in [1.54, 1.807) is 25.4 Å². The van der Waals surface area contributed by atoms with Crippen LogP contribution in [0.2, 0.25) is 0 Å². The molecule has 0 spiro atoms. The van der Waals surface area contributed by atoms with Gasteiger partial charge in [-0.2, -0.15) is 5.10 Å². The molecule has 3 aromatic rings. The van der Waals surface area contributed by atoms with Crippen molar-refractivity contribution in [3.63, 3.8) is 0 Å². The molecule has 3 heterocycles. The van der Waals surface area contributed by atoms with Gasteiger partial charge in [0, 0.05) is 30.4 Å². The summed E-state index contributed by atoms with van der Waals surface area (Å²) in [5, 5.41) is 4.76. The van der Waals surface area contributed by atoms with Gasteiger partial charge in [0.25, 0.3) is 10.0 Å². The van der Waals surface area contributed by atoms with Crippen molar-refractivity contribution in [1.29, 1.82) is 0 Å². The minimum Gasteiger partial charge on any atom is -0.345 e. The lowest BCUT2D eigenvalue weighted by molar-refractivity contribution is 0.601. The fourth-order valence-electron chi connectivity index (χ4n) is 2.24. The Morgan fingerprint density at radius 1 is 1.33 bits per heavy atom. The van der Waals surface area contributed by atoms with Crippen LogP contribution in [0.5, 0.6) is 0 Å². The van der Waals surface area contributed by atoms with Crippen LogP contribution in [0.4, 0.5) is 5.82 Å². The van der Waals surface area contributed by atoms with Crippen molar-refractivity contribution in [3.8, 4) is 0 Å². The van der Waals surface area contributed by atoms with E-state index in [1.807, 2.05) is 13.8 Å². The highest BCUT2D eigenvalue weighted by atomic mass is 32.2. The number of hydrogen-bond donors (Lipinski definition) is 2. The number of rotatable bonds is 3. The number of aromatic amines is 1. The molecule has 0 aliphatic heterocycles. The predicted octanol–water partition coefficient (Wildman–Crippen LogP) is 1.71. The Balaban J connectivity index is 2.09. The Morgan fingerprint density at radius 2 is 2.10 bits per heavy atom. The van der Waals surface area contributed by atoms with Crippen LogP contribution < -0.4 is 4.72 Å². The molecule has 3 aromatic heterocycles. The molecule has 0 aliphatic carbocycles. The average Bonchev–Trinajstić information content (AvgIpc) is 2.96. The van der Waals surface area contributed by atoms with Crippen LogP contribution in [0.15, 0.2) is 29.4 Å². The van der Waals surface area contributed by atoms with E-state index >= 15 is 0 Å². The monoisotopic (exact) mass is 305 g/mol. The number of aryl methyl sites for hydroxylation is 2. The summed E-state index contributed by atoms with van der Waals surface area (Å²) in [7, 11) is -2.01. The number of pyridine rings is 1. The number of sulfonamides is 1. The van der Waals surface area contributed by atoms with Crippen molar-refractivity contribution in [2.45, 2.75) is 18.7 Å². The van der Waals surface area contributed by atoms with Gasteiger partial charge in [0.2, 0.25) is 0 Å². The number of nitrogens with one attached hydrogen (secondary N) is 2. The summed E-state index contributed by atoms with van der Waals surface area (Å²) in [5.74, 6) is 0.464. The first-order valence-corrected chi connectivity index (χ1v) is 7.83. The quantitative estimate of drug-likeness (QED) is 0.770. The molecule has 2 N–H and O–H groups in total. The molecule has 8 heteroatoms. The van der Waals surface area contributed by atoms with Gasteiger partial charge < -0.3 is 4.98 Å². The predicted molar refractivity (Wildman–Crippen MR) is 79.6 cm³/mol. The third-order valence-corrected chi connectivity index (χ3v) is 4.83. The first kappa shape index (κ1) is 13.6. The van der Waals surface area contributed by atoms with Gasteiger partial charge in [0.05, 0.1) is 5.69 Å². The zero-order chi connectivity index (χ0) is 15.2. The fourth-order valence-corrected chi connectivity index (χ4v) is 3.56. The molecule has 110 valence electrons. The van der Waals surface area contributed by atoms with Crippen molar-refractivity contribution < 1.29 is 8.42 Å². The van der Waals surface area contributed by atoms with Gasteiger partial charge in [-0.3, -0.25) is 9.40 Å². The van der Waals surface area contributed by atoms with Crippen LogP contribution in [-0.4, -0.2) is 28.2 Å². The second-order valence-corrected chi connectivity index (χ2v) is 6.49. The highest BCUT2D eigenvalue weighted by molar-refractivity contribution is 7.93. The molecule has 7 nitrogen and oxygen atoms in total. The number of aromatic nitrogens is 4. The Labute approximate surface area is 122 Å². The zero-order valence-electron chi connectivity index (χ0n) is 11.9. The summed E-state index contributed by atoms with van der Waals surface area (Å²) >= 11 is 0. The lowest BCUT2D eigenvalue weighted by atomic mass is 10.3. The maximum absolute atomic E-state index is 12.6. The number of fused-ring (bicyclic) bond motifs is 1. The fraction of sp³-hybridized carbons (Fsp3) is 0.231. The van der Waals surface area contributed by atoms with Gasteiger partial charge in [0.1, 0.15) is 16.4 Å². The van der Waals surface area contributed by atoms with Crippen molar-refractivity contribution in [2.24, 2.45) is 7.05 Å². The Morgan fingerprint density at radius 3 is 2.76 bits per heavy atom. The van der Waals surface area contributed by atoms with E-state index in [9.17, 15) is 8.42 Å². The van der Waals surface area contributed by atoms with Crippen LogP contribution in [0.25, 0.3) is 11.0 Å². The average molecular weight is 305 g/mol. The Kier molecular flexibility index (Phi) is 2.98. The molecule has 0 saturated carbocycles. The van der Waals surface area contributed by atoms with Gasteiger partial charge >= 0.3 is 0 Å². The molecule has 21 heavy (non-hydrogen) atoms. The van der Waals surface area contributed by atoms with E-state index in [0.29, 0.717) is 16.9 Å². The molecule has 0 amide bonds. The standard InChI is InChI=1S/C13H15N5O2S/c1-8-9(2)16-18(3)13(8)17-21(19,20)11-7-15-12-10(11)5-4-6-14-12/h4-7,17H,1-3H3,(H,14,15). The Hall–Kier alpha value is -2.35. The first-order valence-electron chi connectivity index (χ1n) is 6.35. The smallest absolute Gasteiger partial charge is 0.265 e. The molecule has 3 rings (SSSR count). The second-order valence-electron chi connectivity index (χ2n) is 4.84. The van der Waals surface area contributed by atoms with E-state index in [1.165, 1.54) is 10.9 Å². The number of H-pyrrole nitrogens is 1. The first-order chi connectivity index (χ1) is 9.90. The van der Waals surface area contributed by atoms with Crippen molar-refractivity contribution in [3.05, 3.63) is 35.8 Å². The lowest BCUT2D eigenvalue weighted by Gasteiger charge is -2.08. The van der Waals surface area contributed by atoms with E-state index in [0.717, 1.165) is 11.3 Å². The molecule has 0 radical (unpaired) electrons. The van der Waals surface area contributed by atoms with E-state index in [2.05, 4.69) is 19.8 Å². The summed E-state index contributed by atoms with van der Waals surface area (Å²) in [5.41, 5.74) is 2.13. The molecule has 0 atom stereocenters. The van der Waals surface area contributed by atoms with Crippen LogP contribution in [0.3, 0.4) is 0 Å². The molecule has 0 unspecified atom stereocenters. The van der Waals surface area contributed by atoms with Crippen LogP contribution in [0, 0.1) is 13.8 Å². The second kappa shape index (κ2) is 4.59. The van der Waals surface area contributed by atoms with Gasteiger partial charge in [-0.15, -0.1) is 0 Å². The van der Waals surface area contributed by atoms with Gasteiger partial charge in [-0.25, -0.2) is 13.4 Å². The van der Waals surface area contributed by atoms with Crippen LogP contribution in [-0.2, 0) is 17.1 Å². The SMILES string of the molecule is Cc1nn(C)c(NS(=O)(=O)c2c[nH]c3ncccc23)c1C. The highest BCUT2D eigenvalue weighted by Crippen LogP contribution is 2.25. The highest BCUT2D eigenvalue weighted by Gasteiger charge is 2.22. The van der Waals surface area contributed by atoms with Crippen molar-refractivity contribution in [1.82, 2.24) is 19.7 Å². The third-order valence-electron chi connectivity index (χ3n) is 3.46. The maximum atomic E-state index is 12.6. The zero-order valence-corrected chi connectivity index (χ0v) is 12.7. The molecule has 0 aromatic carbocycles. The molecular weight excluding hydrogens is 290 g/mol. The molecular formula is C13H15N5O2S. The summed E-state index contributed by atoms with van der Waals surface area (Å²) in [4.78, 5) is 7.13. The third kappa shape index (κ3) is 2.17. The topological polar surface area (TPSA) is 92.7 Å². The lowest BCUT2D eigenvalue weighted by Crippen LogP contribution is -2.15. The number of nitrogens with zero attached hydrogens (tertiary/aromatic N) is 3. The number of anilines is 1. The minimum atomic E-state index is -3.71. The molecule has 0 bridgehead atoms. The maximum Gasteiger partial charge on any atom is 0.265 e. The molecule has 0 aliphatic rings. The largest absolute Gasteiger partial charge is 0.345 e. The van der Waals surface area contributed by atoms with Crippen LogP contribution in [0.1, 0.15) is 11.3 Å². The van der Waals surface area contributed by atoms with Crippen LogP contribution >= 0.6 is 0 Å². The molecule has 0 saturated heterocycles. The van der Waals surface area contributed by atoms with E-state index in [4.69, 9.17) is 0 Å². The minimum absolute atomic E-state index is 0.170. The normalized spacial score (nSPS) is 12.0. The van der Waals surface area contributed by atoms with Crippen molar-refractivity contribution in [2.75, 3.05) is 4.72 Å². The van der Waals surface area contributed by atoms with Gasteiger partial charge in [-0.05, 0) is 26.0 Å².